The van der Waals surface area contributed by atoms with Gasteiger partial charge in [-0.3, -0.25) is 14.4 Å². The molecule has 1 saturated heterocycles. The summed E-state index contributed by atoms with van der Waals surface area (Å²) in [7, 11) is 2.02. The lowest BCUT2D eigenvalue weighted by atomic mass is 10.1. The van der Waals surface area contributed by atoms with E-state index >= 15 is 0 Å². The van der Waals surface area contributed by atoms with Gasteiger partial charge in [-0.05, 0) is 60.5 Å². The minimum atomic E-state index is -0.292. The number of ether oxygens (including phenoxy) is 1. The number of hydrogen-bond donors (Lipinski definition) is 2. The van der Waals surface area contributed by atoms with Crippen molar-refractivity contribution >= 4 is 50.6 Å². The van der Waals surface area contributed by atoms with Crippen LogP contribution in [0.4, 0.5) is 27.3 Å². The first-order chi connectivity index (χ1) is 21.5. The Labute approximate surface area is 255 Å². The Hall–Kier alpha value is -4.87. The smallest absolute Gasteiger partial charge is 0.247 e. The van der Waals surface area contributed by atoms with Crippen molar-refractivity contribution in [3.8, 4) is 0 Å². The van der Waals surface area contributed by atoms with Crippen LogP contribution in [0.1, 0.15) is 12.0 Å². The maximum atomic E-state index is 13.7. The first-order valence-electron chi connectivity index (χ1n) is 14.7. The highest BCUT2D eigenvalue weighted by Gasteiger charge is 2.16. The number of amides is 1. The molecule has 0 aliphatic carbocycles. The monoisotopic (exact) mass is 594 g/mol. The van der Waals surface area contributed by atoms with Crippen molar-refractivity contribution in [3.05, 3.63) is 91.2 Å². The molecule has 1 amide bonds. The first-order valence-corrected chi connectivity index (χ1v) is 14.7. The van der Waals surface area contributed by atoms with Crippen molar-refractivity contribution in [2.75, 3.05) is 62.0 Å². The minimum Gasteiger partial charge on any atom is -0.379 e. The number of rotatable bonds is 11. The second-order valence-electron chi connectivity index (χ2n) is 10.9. The summed E-state index contributed by atoms with van der Waals surface area (Å²) in [5.41, 5.74) is 4.87. The van der Waals surface area contributed by atoms with Gasteiger partial charge in [-0.15, -0.1) is 0 Å². The topological polar surface area (TPSA) is 100 Å². The lowest BCUT2D eigenvalue weighted by Crippen LogP contribution is -2.37. The summed E-state index contributed by atoms with van der Waals surface area (Å²) >= 11 is 0. The van der Waals surface area contributed by atoms with Crippen LogP contribution in [-0.2, 0) is 16.1 Å². The standard InChI is InChI=1S/C33H35FN8O2/c1-3-32(43)39-29-18-27-28(19-31(29)40(2)10-5-11-41-12-14-44-15-13-41)35-22-36-33(27)38-26-8-9-30-24(17-26)20-37-42(30)21-23-6-4-7-25(34)16-23/h3-4,6-9,16-20,22H,1,5,10-15,21H2,2H3,(H,39,43)(H,35,36,38). The summed E-state index contributed by atoms with van der Waals surface area (Å²) < 4.78 is 21.0. The molecule has 6 rings (SSSR count). The molecule has 11 heteroatoms. The Morgan fingerprint density at radius 3 is 2.82 bits per heavy atom. The van der Waals surface area contributed by atoms with Gasteiger partial charge >= 0.3 is 0 Å². The van der Waals surface area contributed by atoms with Crippen LogP contribution in [0.3, 0.4) is 0 Å². The Bertz CT molecular complexity index is 1800. The van der Waals surface area contributed by atoms with Gasteiger partial charge in [0.1, 0.15) is 18.0 Å². The van der Waals surface area contributed by atoms with Gasteiger partial charge in [0.15, 0.2) is 0 Å². The molecule has 1 fully saturated rings. The Morgan fingerprint density at radius 2 is 2.00 bits per heavy atom. The molecule has 0 unspecified atom stereocenters. The third-order valence-corrected chi connectivity index (χ3v) is 7.80. The lowest BCUT2D eigenvalue weighted by molar-refractivity contribution is -0.111. The largest absolute Gasteiger partial charge is 0.379 e. The van der Waals surface area contributed by atoms with Crippen LogP contribution in [0, 0.1) is 5.82 Å². The molecule has 10 nitrogen and oxygen atoms in total. The molecule has 0 saturated carbocycles. The number of carbonyl (C=O) groups excluding carboxylic acids is 1. The maximum Gasteiger partial charge on any atom is 0.247 e. The van der Waals surface area contributed by atoms with E-state index in [4.69, 9.17) is 4.74 Å². The van der Waals surface area contributed by atoms with Gasteiger partial charge in [0.2, 0.25) is 5.91 Å². The number of halogens is 1. The summed E-state index contributed by atoms with van der Waals surface area (Å²) in [6, 6.07) is 16.4. The highest BCUT2D eigenvalue weighted by molar-refractivity contribution is 6.05. The van der Waals surface area contributed by atoms with Gasteiger partial charge in [0.05, 0.1) is 48.4 Å². The number of carbonyl (C=O) groups is 1. The third kappa shape index (κ3) is 6.69. The number of aromatic nitrogens is 4. The van der Waals surface area contributed by atoms with Crippen LogP contribution >= 0.6 is 0 Å². The maximum absolute atomic E-state index is 13.7. The average Bonchev–Trinajstić information content (AvgIpc) is 3.43. The zero-order valence-electron chi connectivity index (χ0n) is 24.7. The fourth-order valence-electron chi connectivity index (χ4n) is 5.50. The van der Waals surface area contributed by atoms with E-state index < -0.39 is 0 Å². The van der Waals surface area contributed by atoms with Gasteiger partial charge in [0.25, 0.3) is 0 Å². The van der Waals surface area contributed by atoms with Gasteiger partial charge in [-0.2, -0.15) is 5.10 Å². The van der Waals surface area contributed by atoms with Gasteiger partial charge in [-0.25, -0.2) is 14.4 Å². The van der Waals surface area contributed by atoms with Gasteiger partial charge in [0, 0.05) is 49.7 Å². The highest BCUT2D eigenvalue weighted by atomic mass is 19.1. The quantitative estimate of drug-likeness (QED) is 0.202. The van der Waals surface area contributed by atoms with E-state index in [1.165, 1.54) is 24.5 Å². The van der Waals surface area contributed by atoms with E-state index in [1.54, 1.807) is 12.3 Å². The number of fused-ring (bicyclic) bond motifs is 2. The molecule has 0 bridgehead atoms. The zero-order chi connectivity index (χ0) is 30.5. The summed E-state index contributed by atoms with van der Waals surface area (Å²) in [5.74, 6) is 0.0498. The molecule has 1 aliphatic rings. The lowest BCUT2D eigenvalue weighted by Gasteiger charge is -2.28. The van der Waals surface area contributed by atoms with Crippen molar-refractivity contribution in [2.24, 2.45) is 0 Å². The molecule has 2 N–H and O–H groups in total. The van der Waals surface area contributed by atoms with Crippen molar-refractivity contribution in [2.45, 2.75) is 13.0 Å². The molecule has 5 aromatic rings. The van der Waals surface area contributed by atoms with E-state index in [9.17, 15) is 9.18 Å². The molecule has 3 heterocycles. The van der Waals surface area contributed by atoms with Crippen molar-refractivity contribution in [1.82, 2.24) is 24.6 Å². The Morgan fingerprint density at radius 1 is 1.14 bits per heavy atom. The molecule has 3 aromatic carbocycles. The van der Waals surface area contributed by atoms with E-state index in [2.05, 4.69) is 42.1 Å². The molecular formula is C33H35FN8O2. The third-order valence-electron chi connectivity index (χ3n) is 7.80. The minimum absolute atomic E-state index is 0.266. The van der Waals surface area contributed by atoms with Crippen LogP contribution < -0.4 is 15.5 Å². The van der Waals surface area contributed by atoms with Crippen molar-refractivity contribution in [1.29, 1.82) is 0 Å². The second-order valence-corrected chi connectivity index (χ2v) is 10.9. The average molecular weight is 595 g/mol. The number of nitrogens with zero attached hydrogens (tertiary/aromatic N) is 6. The normalized spacial score (nSPS) is 13.7. The molecular weight excluding hydrogens is 559 g/mol. The van der Waals surface area contributed by atoms with E-state index in [-0.39, 0.29) is 11.7 Å². The molecule has 44 heavy (non-hydrogen) atoms. The summed E-state index contributed by atoms with van der Waals surface area (Å²) in [6.07, 6.45) is 5.56. The SMILES string of the molecule is C=CC(=O)Nc1cc2c(Nc3ccc4c(cnn4Cc4cccc(F)c4)c3)ncnc2cc1N(C)CCCN1CCOCC1. The fourth-order valence-corrected chi connectivity index (χ4v) is 5.50. The van der Waals surface area contributed by atoms with Crippen molar-refractivity contribution in [3.63, 3.8) is 0 Å². The summed E-state index contributed by atoms with van der Waals surface area (Å²) in [4.78, 5) is 26.0. The molecule has 0 atom stereocenters. The van der Waals surface area contributed by atoms with Crippen molar-refractivity contribution < 1.29 is 13.9 Å². The van der Waals surface area contributed by atoms with Gasteiger partial charge < -0.3 is 20.3 Å². The fraction of sp³-hybridized carbons (Fsp3) is 0.273. The summed E-state index contributed by atoms with van der Waals surface area (Å²) in [5, 5.41) is 12.6. The van der Waals surface area contributed by atoms with Gasteiger partial charge in [-0.1, -0.05) is 18.7 Å². The Balaban J connectivity index is 1.24. The van der Waals surface area contributed by atoms with Crippen LogP contribution in [0.25, 0.3) is 21.8 Å². The predicted octanol–water partition coefficient (Wildman–Crippen LogP) is 5.19. The van der Waals surface area contributed by atoms with Crippen LogP contribution in [0.15, 0.2) is 79.8 Å². The number of morpholine rings is 1. The van der Waals surface area contributed by atoms with Crippen LogP contribution in [-0.4, -0.2) is 77.0 Å². The number of anilines is 4. The zero-order valence-corrected chi connectivity index (χ0v) is 24.7. The molecule has 226 valence electrons. The van der Waals surface area contributed by atoms with E-state index in [0.717, 1.165) is 84.6 Å². The van der Waals surface area contributed by atoms with E-state index in [1.807, 2.05) is 48.1 Å². The van der Waals surface area contributed by atoms with Crippen LogP contribution in [0.2, 0.25) is 0 Å². The molecule has 1 aliphatic heterocycles. The second kappa shape index (κ2) is 13.2. The first kappa shape index (κ1) is 29.2. The molecule has 0 radical (unpaired) electrons. The number of benzene rings is 3. The molecule has 2 aromatic heterocycles. The Kier molecular flexibility index (Phi) is 8.76. The number of nitrogens with one attached hydrogen (secondary N) is 2. The van der Waals surface area contributed by atoms with Crippen LogP contribution in [0.5, 0.6) is 0 Å². The number of hydrogen-bond acceptors (Lipinski definition) is 8. The highest BCUT2D eigenvalue weighted by Crippen LogP contribution is 2.34. The predicted molar refractivity (Wildman–Crippen MR) is 172 cm³/mol. The van der Waals surface area contributed by atoms with E-state index in [0.29, 0.717) is 18.1 Å². The molecule has 0 spiro atoms. The summed E-state index contributed by atoms with van der Waals surface area (Å²) in [6.45, 7) is 9.35.